The number of aromatic nitrogens is 4. The van der Waals surface area contributed by atoms with E-state index in [-0.39, 0.29) is 0 Å². The first-order chi connectivity index (χ1) is 9.92. The predicted molar refractivity (Wildman–Crippen MR) is 81.9 cm³/mol. The molecule has 0 unspecified atom stereocenters. The fraction of sp³-hybridized carbons (Fsp3) is 0. The normalized spacial score (nSPS) is 10.6. The third-order valence-corrected chi connectivity index (χ3v) is 5.06. The molecule has 0 spiro atoms. The van der Waals surface area contributed by atoms with Crippen LogP contribution in [0.2, 0.25) is 0 Å². The number of hydrogen-bond acceptors (Lipinski definition) is 4. The molecule has 4 nitrogen and oxygen atoms in total. The van der Waals surface area contributed by atoms with Crippen molar-refractivity contribution in [2.75, 3.05) is 0 Å². The molecular weight excluding hydrogens is 288 g/mol. The van der Waals surface area contributed by atoms with Gasteiger partial charge in [-0.05, 0) is 5.92 Å². The number of rotatable bonds is 1. The Morgan fingerprint density at radius 1 is 0.900 bits per heavy atom. The maximum atomic E-state index is 4.08. The first kappa shape index (κ1) is 11.5. The minimum Gasteiger partial charge on any atom is -0.345 e. The molecule has 0 saturated heterocycles. The van der Waals surface area contributed by atoms with Gasteiger partial charge in [-0.15, -0.1) is 22.7 Å². The molecule has 0 atom stereocenters. The van der Waals surface area contributed by atoms with Crippen molar-refractivity contribution < 1.29 is 0 Å². The molecule has 0 aliphatic rings. The summed E-state index contributed by atoms with van der Waals surface area (Å²) in [4.78, 5) is 14.2. The summed E-state index contributed by atoms with van der Waals surface area (Å²) in [5.74, 6) is 6.29. The molecule has 0 radical (unpaired) electrons. The highest BCUT2D eigenvalue weighted by Crippen LogP contribution is 2.39. The Kier molecular flexibility index (Phi) is 2.66. The largest absolute Gasteiger partial charge is 0.345 e. The zero-order valence-electron chi connectivity index (χ0n) is 10.2. The molecular formula is C14H8N4S2. The van der Waals surface area contributed by atoms with E-state index < -0.39 is 0 Å². The van der Waals surface area contributed by atoms with Crippen molar-refractivity contribution in [1.82, 2.24) is 19.9 Å². The lowest BCUT2D eigenvalue weighted by Crippen LogP contribution is -1.71. The topological polar surface area (TPSA) is 57.4 Å². The lowest BCUT2D eigenvalue weighted by molar-refractivity contribution is 1.30. The highest BCUT2D eigenvalue weighted by Gasteiger charge is 2.11. The molecule has 0 bridgehead atoms. The molecule has 2 N–H and O–H groups in total. The van der Waals surface area contributed by atoms with E-state index in [0.29, 0.717) is 0 Å². The van der Waals surface area contributed by atoms with Crippen molar-refractivity contribution in [1.29, 1.82) is 0 Å². The minimum atomic E-state index is 0.828. The van der Waals surface area contributed by atoms with Crippen LogP contribution in [0.1, 0.15) is 11.3 Å². The Morgan fingerprint density at radius 3 is 2.55 bits per heavy atom. The molecule has 0 fully saturated rings. The number of thiophene rings is 2. The Bertz CT molecular complexity index is 902. The summed E-state index contributed by atoms with van der Waals surface area (Å²) >= 11 is 3.43. The average molecular weight is 296 g/mol. The van der Waals surface area contributed by atoms with Gasteiger partial charge in [0, 0.05) is 16.3 Å². The van der Waals surface area contributed by atoms with E-state index in [1.165, 1.54) is 15.0 Å². The van der Waals surface area contributed by atoms with Crippen LogP contribution in [0.5, 0.6) is 0 Å². The average Bonchev–Trinajstić information content (AvgIpc) is 3.21. The predicted octanol–water partition coefficient (Wildman–Crippen LogP) is 3.48. The summed E-state index contributed by atoms with van der Waals surface area (Å²) in [6.07, 6.45) is 6.90. The van der Waals surface area contributed by atoms with E-state index in [0.717, 1.165) is 17.0 Å². The van der Waals surface area contributed by atoms with E-state index >= 15 is 0 Å². The molecule has 4 aromatic rings. The smallest absolute Gasteiger partial charge is 0.109 e. The summed E-state index contributed by atoms with van der Waals surface area (Å²) in [6, 6.07) is 0. The summed E-state index contributed by atoms with van der Waals surface area (Å²) in [6.45, 7) is 0. The van der Waals surface area contributed by atoms with Crippen molar-refractivity contribution >= 4 is 32.1 Å². The molecule has 4 rings (SSSR count). The van der Waals surface area contributed by atoms with Crippen LogP contribution in [0.3, 0.4) is 0 Å². The molecule has 0 aliphatic carbocycles. The van der Waals surface area contributed by atoms with Gasteiger partial charge in [-0.25, -0.2) is 9.97 Å². The molecule has 0 saturated carbocycles. The van der Waals surface area contributed by atoms with Gasteiger partial charge in [0.05, 0.1) is 45.7 Å². The number of imidazole rings is 2. The SMILES string of the molecule is C(#Cc1csc2c(-c3cnc[nH]3)csc12)c1cnc[nH]1. The Labute approximate surface area is 122 Å². The van der Waals surface area contributed by atoms with Gasteiger partial charge in [0.2, 0.25) is 0 Å². The monoisotopic (exact) mass is 296 g/mol. The number of H-pyrrole nitrogens is 2. The summed E-state index contributed by atoms with van der Waals surface area (Å²) in [7, 11) is 0. The van der Waals surface area contributed by atoms with Crippen molar-refractivity contribution in [3.05, 3.63) is 47.1 Å². The van der Waals surface area contributed by atoms with Gasteiger partial charge in [0.1, 0.15) is 5.69 Å². The molecule has 20 heavy (non-hydrogen) atoms. The van der Waals surface area contributed by atoms with Crippen LogP contribution in [0.4, 0.5) is 0 Å². The first-order valence-corrected chi connectivity index (χ1v) is 7.65. The van der Waals surface area contributed by atoms with E-state index in [1.807, 2.05) is 6.20 Å². The van der Waals surface area contributed by atoms with Crippen LogP contribution >= 0.6 is 22.7 Å². The van der Waals surface area contributed by atoms with Crippen molar-refractivity contribution in [2.45, 2.75) is 0 Å². The molecule has 0 aliphatic heterocycles. The molecule has 4 aromatic heterocycles. The molecule has 6 heteroatoms. The Balaban J connectivity index is 1.80. The fourth-order valence-electron chi connectivity index (χ4n) is 1.96. The van der Waals surface area contributed by atoms with E-state index in [2.05, 4.69) is 42.5 Å². The Hall–Kier alpha value is -2.36. The minimum absolute atomic E-state index is 0.828. The lowest BCUT2D eigenvalue weighted by Gasteiger charge is -1.89. The van der Waals surface area contributed by atoms with Crippen molar-refractivity contribution in [3.8, 4) is 23.1 Å². The summed E-state index contributed by atoms with van der Waals surface area (Å²) in [5, 5.41) is 4.25. The third kappa shape index (κ3) is 1.84. The van der Waals surface area contributed by atoms with E-state index in [1.54, 1.807) is 41.5 Å². The summed E-state index contributed by atoms with van der Waals surface area (Å²) in [5.41, 5.74) is 4.14. The van der Waals surface area contributed by atoms with Gasteiger partial charge in [-0.1, -0.05) is 5.92 Å². The van der Waals surface area contributed by atoms with Gasteiger partial charge < -0.3 is 9.97 Å². The number of nitrogens with one attached hydrogen (secondary N) is 2. The molecule has 96 valence electrons. The fourth-order valence-corrected chi connectivity index (χ4v) is 4.25. The maximum Gasteiger partial charge on any atom is 0.109 e. The summed E-state index contributed by atoms with van der Waals surface area (Å²) < 4.78 is 2.49. The molecule has 0 amide bonds. The third-order valence-electron chi connectivity index (χ3n) is 2.90. The van der Waals surface area contributed by atoms with Crippen LogP contribution in [0, 0.1) is 11.8 Å². The molecule has 0 aromatic carbocycles. The van der Waals surface area contributed by atoms with Gasteiger partial charge >= 0.3 is 0 Å². The highest BCUT2D eigenvalue weighted by molar-refractivity contribution is 7.27. The lowest BCUT2D eigenvalue weighted by atomic mass is 10.2. The quantitative estimate of drug-likeness (QED) is 0.528. The zero-order chi connectivity index (χ0) is 13.4. The van der Waals surface area contributed by atoms with Crippen molar-refractivity contribution in [3.63, 3.8) is 0 Å². The second-order valence-electron chi connectivity index (χ2n) is 4.14. The van der Waals surface area contributed by atoms with E-state index in [9.17, 15) is 0 Å². The van der Waals surface area contributed by atoms with Gasteiger partial charge in [0.15, 0.2) is 0 Å². The number of hydrogen-bond donors (Lipinski definition) is 2. The van der Waals surface area contributed by atoms with Crippen molar-refractivity contribution in [2.24, 2.45) is 0 Å². The van der Waals surface area contributed by atoms with Crippen LogP contribution in [-0.2, 0) is 0 Å². The van der Waals surface area contributed by atoms with Crippen LogP contribution < -0.4 is 0 Å². The second kappa shape index (κ2) is 4.63. The van der Waals surface area contributed by atoms with Gasteiger partial charge in [-0.3, -0.25) is 0 Å². The standard InChI is InChI=1S/C14H8N4S2/c1(2-10-3-15-7-17-10)9-5-19-14-11(6-20-13(9)14)12-4-16-8-18-12/h3-8H,(H,15,17)(H,16,18). The zero-order valence-corrected chi connectivity index (χ0v) is 11.8. The van der Waals surface area contributed by atoms with Gasteiger partial charge in [0.25, 0.3) is 0 Å². The number of aromatic amines is 2. The first-order valence-electron chi connectivity index (χ1n) is 5.89. The maximum absolute atomic E-state index is 4.08. The van der Waals surface area contributed by atoms with Crippen LogP contribution in [-0.4, -0.2) is 19.9 Å². The number of fused-ring (bicyclic) bond motifs is 1. The molecule has 4 heterocycles. The second-order valence-corrected chi connectivity index (χ2v) is 5.90. The van der Waals surface area contributed by atoms with Crippen LogP contribution in [0.25, 0.3) is 20.7 Å². The Morgan fingerprint density at radius 2 is 1.75 bits per heavy atom. The number of nitrogens with zero attached hydrogens (tertiary/aromatic N) is 2. The van der Waals surface area contributed by atoms with Crippen LogP contribution in [0.15, 0.2) is 35.8 Å². The van der Waals surface area contributed by atoms with E-state index in [4.69, 9.17) is 0 Å². The van der Waals surface area contributed by atoms with Gasteiger partial charge in [-0.2, -0.15) is 0 Å². The highest BCUT2D eigenvalue weighted by atomic mass is 32.1.